The fourth-order valence-electron chi connectivity index (χ4n) is 1.58. The van der Waals surface area contributed by atoms with E-state index in [1.54, 1.807) is 0 Å². The maximum atomic E-state index is 11.0. The number of hydrogen-bond acceptors (Lipinski definition) is 2. The fraction of sp³-hybridized carbons (Fsp3) is 0.667. The summed E-state index contributed by atoms with van der Waals surface area (Å²) in [5.74, 6) is 2.14. The van der Waals surface area contributed by atoms with E-state index in [2.05, 4.69) is 5.92 Å². The van der Waals surface area contributed by atoms with Crippen LogP contribution in [-0.2, 0) is 4.79 Å². The number of Topliss-reactive ketones (excluding diaryl/α,β-unsaturated/α-hetero) is 1. The summed E-state index contributed by atoms with van der Waals surface area (Å²) in [6, 6.07) is 0.186. The zero-order valence-corrected chi connectivity index (χ0v) is 6.55. The van der Waals surface area contributed by atoms with Crippen LogP contribution in [0.4, 0.5) is 0 Å². The number of carbonyl (C=O) groups is 1. The maximum absolute atomic E-state index is 11.0. The number of terminal acetylenes is 1. The van der Waals surface area contributed by atoms with Gasteiger partial charge in [0.1, 0.15) is 0 Å². The van der Waals surface area contributed by atoms with Gasteiger partial charge in [0.25, 0.3) is 0 Å². The Balaban J connectivity index is 2.47. The number of nitrogens with two attached hydrogens (primary N) is 1. The van der Waals surface area contributed by atoms with E-state index in [4.69, 9.17) is 12.2 Å². The second-order valence-corrected chi connectivity index (χ2v) is 3.13. The van der Waals surface area contributed by atoms with Gasteiger partial charge in [-0.2, -0.15) is 0 Å². The lowest BCUT2D eigenvalue weighted by atomic mass is 9.84. The molecule has 1 aliphatic rings. The second kappa shape index (κ2) is 3.54. The molecule has 0 saturated heterocycles. The van der Waals surface area contributed by atoms with E-state index in [0.717, 1.165) is 25.7 Å². The first-order valence-electron chi connectivity index (χ1n) is 4.00. The number of carbonyl (C=O) groups excluding carboxylic acids is 1. The van der Waals surface area contributed by atoms with E-state index in [9.17, 15) is 4.79 Å². The molecule has 1 saturated carbocycles. The number of ketones is 1. The molecule has 0 aromatic rings. The van der Waals surface area contributed by atoms with E-state index in [-0.39, 0.29) is 17.7 Å². The molecule has 0 aromatic carbocycles. The summed E-state index contributed by atoms with van der Waals surface area (Å²) in [4.78, 5) is 11.0. The summed E-state index contributed by atoms with van der Waals surface area (Å²) < 4.78 is 0. The molecule has 0 aromatic heterocycles. The first-order chi connectivity index (χ1) is 5.24. The molecule has 0 bridgehead atoms. The van der Waals surface area contributed by atoms with Crippen molar-refractivity contribution < 1.29 is 4.79 Å². The first kappa shape index (κ1) is 8.29. The topological polar surface area (TPSA) is 43.1 Å². The molecule has 0 spiro atoms. The molecule has 2 N–H and O–H groups in total. The molecule has 2 atom stereocenters. The Morgan fingerprint density at radius 3 is 2.82 bits per heavy atom. The highest BCUT2D eigenvalue weighted by Crippen LogP contribution is 2.23. The van der Waals surface area contributed by atoms with Gasteiger partial charge in [-0.25, -0.2) is 0 Å². The maximum Gasteiger partial charge on any atom is 0.208 e. The molecule has 60 valence electrons. The molecular formula is C9H13NO. The van der Waals surface area contributed by atoms with Crippen molar-refractivity contribution in [1.29, 1.82) is 0 Å². The van der Waals surface area contributed by atoms with Crippen molar-refractivity contribution in [3.63, 3.8) is 0 Å². The lowest BCUT2D eigenvalue weighted by Gasteiger charge is -2.23. The quantitative estimate of drug-likeness (QED) is 0.443. The lowest BCUT2D eigenvalue weighted by molar-refractivity contribution is -0.118. The third kappa shape index (κ3) is 2.06. The number of rotatable bonds is 1. The monoisotopic (exact) mass is 151 g/mol. The molecule has 1 rings (SSSR count). The van der Waals surface area contributed by atoms with Gasteiger partial charge in [0.2, 0.25) is 5.78 Å². The smallest absolute Gasteiger partial charge is 0.208 e. The summed E-state index contributed by atoms with van der Waals surface area (Å²) >= 11 is 0. The summed E-state index contributed by atoms with van der Waals surface area (Å²) in [6.07, 6.45) is 8.79. The van der Waals surface area contributed by atoms with E-state index in [0.29, 0.717) is 0 Å². The van der Waals surface area contributed by atoms with Crippen molar-refractivity contribution >= 4 is 5.78 Å². The minimum atomic E-state index is -0.0693. The summed E-state index contributed by atoms with van der Waals surface area (Å²) in [6.45, 7) is 0. The van der Waals surface area contributed by atoms with E-state index >= 15 is 0 Å². The van der Waals surface area contributed by atoms with Gasteiger partial charge in [-0.1, -0.05) is 6.42 Å². The fourth-order valence-corrected chi connectivity index (χ4v) is 1.58. The van der Waals surface area contributed by atoms with Gasteiger partial charge in [0, 0.05) is 12.0 Å². The van der Waals surface area contributed by atoms with Crippen LogP contribution in [-0.4, -0.2) is 11.8 Å². The van der Waals surface area contributed by atoms with Crippen LogP contribution >= 0.6 is 0 Å². The van der Waals surface area contributed by atoms with E-state index in [1.807, 2.05) is 0 Å². The van der Waals surface area contributed by atoms with Crippen molar-refractivity contribution in [1.82, 2.24) is 0 Å². The first-order valence-corrected chi connectivity index (χ1v) is 4.00. The van der Waals surface area contributed by atoms with E-state index < -0.39 is 0 Å². The molecule has 1 aliphatic carbocycles. The van der Waals surface area contributed by atoms with Crippen molar-refractivity contribution in [2.45, 2.75) is 31.7 Å². The highest BCUT2D eigenvalue weighted by atomic mass is 16.1. The summed E-state index contributed by atoms with van der Waals surface area (Å²) in [7, 11) is 0. The molecule has 1 fully saturated rings. The van der Waals surface area contributed by atoms with Crippen molar-refractivity contribution in [3.05, 3.63) is 0 Å². The molecule has 2 nitrogen and oxygen atoms in total. The SMILES string of the molecule is C#CC(=O)[C@H]1CCC[C@@H](N)C1. The average molecular weight is 151 g/mol. The van der Waals surface area contributed by atoms with Crippen molar-refractivity contribution in [2.24, 2.45) is 11.7 Å². The van der Waals surface area contributed by atoms with Gasteiger partial charge in [-0.05, 0) is 25.2 Å². The Hall–Kier alpha value is -0.810. The Morgan fingerprint density at radius 2 is 2.27 bits per heavy atom. The number of hydrogen-bond donors (Lipinski definition) is 1. The summed E-state index contributed by atoms with van der Waals surface area (Å²) in [5, 5.41) is 0. The Bertz CT molecular complexity index is 192. The van der Waals surface area contributed by atoms with Gasteiger partial charge >= 0.3 is 0 Å². The molecule has 0 heterocycles. The van der Waals surface area contributed by atoms with Gasteiger partial charge < -0.3 is 5.73 Å². The zero-order valence-electron chi connectivity index (χ0n) is 6.55. The predicted octanol–water partition coefficient (Wildman–Crippen LogP) is 0.706. The molecular weight excluding hydrogens is 138 g/mol. The molecule has 0 unspecified atom stereocenters. The molecule has 0 aliphatic heterocycles. The average Bonchev–Trinajstić information content (AvgIpc) is 2.03. The zero-order chi connectivity index (χ0) is 8.27. The van der Waals surface area contributed by atoms with Crippen LogP contribution in [0.25, 0.3) is 0 Å². The third-order valence-corrected chi connectivity index (χ3v) is 2.23. The summed E-state index contributed by atoms with van der Waals surface area (Å²) in [5.41, 5.74) is 5.70. The van der Waals surface area contributed by atoms with Crippen LogP contribution in [0.1, 0.15) is 25.7 Å². The van der Waals surface area contributed by atoms with E-state index in [1.165, 1.54) is 0 Å². The third-order valence-electron chi connectivity index (χ3n) is 2.23. The minimum Gasteiger partial charge on any atom is -0.328 e. The largest absolute Gasteiger partial charge is 0.328 e. The van der Waals surface area contributed by atoms with Crippen LogP contribution in [0.15, 0.2) is 0 Å². The van der Waals surface area contributed by atoms with Crippen molar-refractivity contribution in [3.8, 4) is 12.3 Å². The Labute approximate surface area is 67.2 Å². The van der Waals surface area contributed by atoms with Gasteiger partial charge in [-0.3, -0.25) is 4.79 Å². The highest BCUT2D eigenvalue weighted by Gasteiger charge is 2.23. The normalized spacial score (nSPS) is 30.9. The van der Waals surface area contributed by atoms with Crippen LogP contribution in [0.2, 0.25) is 0 Å². The lowest BCUT2D eigenvalue weighted by Crippen LogP contribution is -2.31. The van der Waals surface area contributed by atoms with Gasteiger partial charge in [0.05, 0.1) is 0 Å². The predicted molar refractivity (Wildman–Crippen MR) is 43.8 cm³/mol. The minimum absolute atomic E-state index is 0.0451. The van der Waals surface area contributed by atoms with Crippen LogP contribution in [0.5, 0.6) is 0 Å². The Kier molecular flexibility index (Phi) is 2.67. The highest BCUT2D eigenvalue weighted by molar-refractivity contribution is 5.96. The van der Waals surface area contributed by atoms with Crippen LogP contribution < -0.4 is 5.73 Å². The van der Waals surface area contributed by atoms with Gasteiger partial charge in [-0.15, -0.1) is 6.42 Å². The molecule has 0 amide bonds. The van der Waals surface area contributed by atoms with Crippen molar-refractivity contribution in [2.75, 3.05) is 0 Å². The molecule has 0 radical (unpaired) electrons. The second-order valence-electron chi connectivity index (χ2n) is 3.13. The Morgan fingerprint density at radius 1 is 1.55 bits per heavy atom. The standard InChI is InChI=1S/C9H13NO/c1-2-9(11)7-4-3-5-8(10)6-7/h1,7-8H,3-6,10H2/t7-,8+/m0/s1. The van der Waals surface area contributed by atoms with Crippen LogP contribution in [0, 0.1) is 18.3 Å². The van der Waals surface area contributed by atoms with Gasteiger partial charge in [0.15, 0.2) is 0 Å². The van der Waals surface area contributed by atoms with Crippen LogP contribution in [0.3, 0.4) is 0 Å². The molecule has 11 heavy (non-hydrogen) atoms. The molecule has 2 heteroatoms.